The Balaban J connectivity index is 0.000000167. The standard InChI is InChI=1S/C6H6N2O3S.C5H4N4OS/c1-11-5(10)4-3(2-9)12-6(7)8-4;6-5-8-3-2(11-5)1-7-9-4(3)10/h2H,1H3,(H2,7,8);1H,(H2,6,8)(H,9,10). The molecule has 0 saturated carbocycles. The number of thiazole rings is 2. The van der Waals surface area contributed by atoms with Crippen molar-refractivity contribution in [3.05, 3.63) is 27.1 Å². The van der Waals surface area contributed by atoms with Gasteiger partial charge in [0.2, 0.25) is 0 Å². The number of carbonyl (C=O) groups excluding carboxylic acids is 2. The third kappa shape index (κ3) is 3.67. The van der Waals surface area contributed by atoms with Crippen LogP contribution in [-0.2, 0) is 4.74 Å². The molecule has 3 aromatic rings. The van der Waals surface area contributed by atoms with Gasteiger partial charge in [0.05, 0.1) is 18.0 Å². The van der Waals surface area contributed by atoms with Crippen molar-refractivity contribution in [2.75, 3.05) is 18.6 Å². The van der Waals surface area contributed by atoms with Crippen molar-refractivity contribution in [3.8, 4) is 0 Å². The number of rotatable bonds is 2. The topological polar surface area (TPSA) is 167 Å². The summed E-state index contributed by atoms with van der Waals surface area (Å²) in [5, 5.41) is 6.44. The number of carbonyl (C=O) groups is 2. The zero-order valence-corrected chi connectivity index (χ0v) is 13.2. The van der Waals surface area contributed by atoms with E-state index in [4.69, 9.17) is 11.5 Å². The SMILES string of the molecule is COC(=O)c1nc(N)sc1C=O.Nc1nc2c(=O)[nH]ncc2s1. The lowest BCUT2D eigenvalue weighted by Crippen LogP contribution is -2.06. The molecule has 0 aliphatic carbocycles. The largest absolute Gasteiger partial charge is 0.464 e. The Morgan fingerprint density at radius 2 is 2.00 bits per heavy atom. The third-order valence-corrected chi connectivity index (χ3v) is 4.02. The number of nitrogens with zero attached hydrogens (tertiary/aromatic N) is 3. The first-order valence-corrected chi connectivity index (χ1v) is 7.49. The number of aldehydes is 1. The molecule has 0 atom stereocenters. The van der Waals surface area contributed by atoms with Gasteiger partial charge < -0.3 is 16.2 Å². The molecule has 5 N–H and O–H groups in total. The lowest BCUT2D eigenvalue weighted by molar-refractivity contribution is 0.0593. The number of hydrogen-bond acceptors (Lipinski definition) is 11. The number of hydrogen-bond donors (Lipinski definition) is 3. The van der Waals surface area contributed by atoms with Crippen LogP contribution in [0.5, 0.6) is 0 Å². The van der Waals surface area contributed by atoms with Crippen molar-refractivity contribution in [1.82, 2.24) is 20.2 Å². The summed E-state index contributed by atoms with van der Waals surface area (Å²) in [7, 11) is 1.21. The summed E-state index contributed by atoms with van der Waals surface area (Å²) in [6.07, 6.45) is 2.06. The average Bonchev–Trinajstić information content (AvgIpc) is 3.10. The molecule has 23 heavy (non-hydrogen) atoms. The van der Waals surface area contributed by atoms with Gasteiger partial charge in [-0.05, 0) is 0 Å². The van der Waals surface area contributed by atoms with Crippen LogP contribution in [0.4, 0.5) is 10.3 Å². The fraction of sp³-hybridized carbons (Fsp3) is 0.0909. The fourth-order valence-electron chi connectivity index (χ4n) is 1.47. The number of esters is 1. The van der Waals surface area contributed by atoms with Gasteiger partial charge in [0.25, 0.3) is 5.56 Å². The summed E-state index contributed by atoms with van der Waals surface area (Å²) >= 11 is 2.21. The van der Waals surface area contributed by atoms with Gasteiger partial charge in [-0.2, -0.15) is 5.10 Å². The molecule has 0 aliphatic rings. The molecule has 0 aromatic carbocycles. The number of aromatic amines is 1. The van der Waals surface area contributed by atoms with Crippen molar-refractivity contribution in [1.29, 1.82) is 0 Å². The number of nitrogens with one attached hydrogen (secondary N) is 1. The predicted molar refractivity (Wildman–Crippen MR) is 85.7 cm³/mol. The van der Waals surface area contributed by atoms with Crippen LogP contribution in [0.15, 0.2) is 11.0 Å². The normalized spacial score (nSPS) is 9.96. The van der Waals surface area contributed by atoms with E-state index >= 15 is 0 Å². The summed E-state index contributed by atoms with van der Waals surface area (Å²) in [6, 6.07) is 0. The number of nitrogens with two attached hydrogens (primary N) is 2. The summed E-state index contributed by atoms with van der Waals surface area (Å²) in [4.78, 5) is 39.9. The first kappa shape index (κ1) is 16.5. The Bertz CT molecular complexity index is 915. The molecular weight excluding hydrogens is 344 g/mol. The zero-order valence-electron chi connectivity index (χ0n) is 11.6. The maximum atomic E-state index is 11.0. The Morgan fingerprint density at radius 3 is 2.61 bits per heavy atom. The van der Waals surface area contributed by atoms with Crippen LogP contribution in [0.25, 0.3) is 10.2 Å². The van der Waals surface area contributed by atoms with Gasteiger partial charge >= 0.3 is 5.97 Å². The fourth-order valence-corrected chi connectivity index (χ4v) is 2.81. The van der Waals surface area contributed by atoms with E-state index in [1.807, 2.05) is 0 Å². The molecule has 3 rings (SSSR count). The van der Waals surface area contributed by atoms with Crippen molar-refractivity contribution in [3.63, 3.8) is 0 Å². The van der Waals surface area contributed by atoms with Gasteiger partial charge in [-0.25, -0.2) is 19.9 Å². The quantitative estimate of drug-likeness (QED) is 0.432. The van der Waals surface area contributed by atoms with Crippen LogP contribution < -0.4 is 17.0 Å². The summed E-state index contributed by atoms with van der Waals surface area (Å²) < 4.78 is 5.10. The molecule has 0 amide bonds. The van der Waals surface area contributed by atoms with Crippen molar-refractivity contribution >= 4 is 55.4 Å². The van der Waals surface area contributed by atoms with E-state index in [0.29, 0.717) is 21.6 Å². The van der Waals surface area contributed by atoms with Crippen LogP contribution in [0.3, 0.4) is 0 Å². The molecule has 0 spiro atoms. The van der Waals surface area contributed by atoms with Gasteiger partial charge in [-0.1, -0.05) is 22.7 Å². The van der Waals surface area contributed by atoms with Crippen LogP contribution in [0.2, 0.25) is 0 Å². The number of ether oxygens (including phenoxy) is 1. The molecule has 120 valence electrons. The molecule has 0 bridgehead atoms. The predicted octanol–water partition coefficient (Wildman–Crippen LogP) is 0.286. The van der Waals surface area contributed by atoms with Crippen molar-refractivity contribution in [2.45, 2.75) is 0 Å². The lowest BCUT2D eigenvalue weighted by Gasteiger charge is -1.92. The Morgan fingerprint density at radius 1 is 1.30 bits per heavy atom. The van der Waals surface area contributed by atoms with Crippen LogP contribution >= 0.6 is 22.7 Å². The van der Waals surface area contributed by atoms with Crippen molar-refractivity contribution in [2.24, 2.45) is 0 Å². The van der Waals surface area contributed by atoms with Gasteiger partial charge in [-0.3, -0.25) is 9.59 Å². The highest BCUT2D eigenvalue weighted by Crippen LogP contribution is 2.19. The second kappa shape index (κ2) is 6.93. The van der Waals surface area contributed by atoms with Gasteiger partial charge in [-0.15, -0.1) is 0 Å². The molecule has 0 unspecified atom stereocenters. The molecule has 3 heterocycles. The van der Waals surface area contributed by atoms with Gasteiger partial charge in [0.15, 0.2) is 27.8 Å². The second-order valence-corrected chi connectivity index (χ2v) is 5.96. The number of nitrogen functional groups attached to an aromatic ring is 2. The maximum Gasteiger partial charge on any atom is 0.358 e. The molecule has 0 saturated heterocycles. The molecule has 0 fully saturated rings. The Hall–Kier alpha value is -2.86. The highest BCUT2D eigenvalue weighted by molar-refractivity contribution is 7.22. The molecule has 0 radical (unpaired) electrons. The number of anilines is 2. The van der Waals surface area contributed by atoms with Gasteiger partial charge in [0.1, 0.15) is 4.88 Å². The average molecular weight is 354 g/mol. The van der Waals surface area contributed by atoms with Crippen LogP contribution in [-0.4, -0.2) is 39.5 Å². The molecule has 0 aliphatic heterocycles. The minimum Gasteiger partial charge on any atom is -0.464 e. The Labute approximate surface area is 136 Å². The van der Waals surface area contributed by atoms with E-state index in [-0.39, 0.29) is 21.3 Å². The van der Waals surface area contributed by atoms with E-state index in [1.165, 1.54) is 24.6 Å². The van der Waals surface area contributed by atoms with E-state index in [0.717, 1.165) is 11.3 Å². The molecule has 3 aromatic heterocycles. The molecule has 10 nitrogen and oxygen atoms in total. The minimum absolute atomic E-state index is 0.0185. The smallest absolute Gasteiger partial charge is 0.358 e. The summed E-state index contributed by atoms with van der Waals surface area (Å²) in [5.74, 6) is -0.648. The third-order valence-electron chi connectivity index (χ3n) is 2.39. The Kier molecular flexibility index (Phi) is 4.98. The van der Waals surface area contributed by atoms with E-state index in [9.17, 15) is 14.4 Å². The first-order valence-electron chi connectivity index (χ1n) is 5.85. The van der Waals surface area contributed by atoms with E-state index < -0.39 is 5.97 Å². The lowest BCUT2D eigenvalue weighted by atomic mass is 10.4. The number of aromatic nitrogens is 4. The first-order chi connectivity index (χ1) is 11.0. The maximum absolute atomic E-state index is 11.0. The number of H-pyrrole nitrogens is 1. The van der Waals surface area contributed by atoms with E-state index in [2.05, 4.69) is 24.9 Å². The second-order valence-electron chi connectivity index (χ2n) is 3.84. The molecule has 12 heteroatoms. The zero-order chi connectivity index (χ0) is 17.0. The monoisotopic (exact) mass is 354 g/mol. The minimum atomic E-state index is -0.648. The summed E-state index contributed by atoms with van der Waals surface area (Å²) in [5.41, 5.74) is 10.7. The summed E-state index contributed by atoms with van der Waals surface area (Å²) in [6.45, 7) is 0. The van der Waals surface area contributed by atoms with Crippen molar-refractivity contribution < 1.29 is 14.3 Å². The van der Waals surface area contributed by atoms with Gasteiger partial charge in [0, 0.05) is 0 Å². The highest BCUT2D eigenvalue weighted by atomic mass is 32.1. The highest BCUT2D eigenvalue weighted by Gasteiger charge is 2.16. The van der Waals surface area contributed by atoms with Crippen LogP contribution in [0.1, 0.15) is 20.2 Å². The number of fused-ring (bicyclic) bond motifs is 1. The van der Waals surface area contributed by atoms with Crippen LogP contribution in [0, 0.1) is 0 Å². The number of methoxy groups -OCH3 is 1. The van der Waals surface area contributed by atoms with E-state index in [1.54, 1.807) is 0 Å². The molecular formula is C11H10N6O4S2.